The van der Waals surface area contributed by atoms with E-state index >= 15 is 0 Å². The summed E-state index contributed by atoms with van der Waals surface area (Å²) < 4.78 is 20.7. The van der Waals surface area contributed by atoms with E-state index in [1.807, 2.05) is 25.4 Å². The predicted octanol–water partition coefficient (Wildman–Crippen LogP) is 3.72. The Balaban J connectivity index is 1.47. The molecule has 0 bridgehead atoms. The van der Waals surface area contributed by atoms with E-state index in [0.29, 0.717) is 12.2 Å². The topological polar surface area (TPSA) is 97.3 Å². The molecule has 2 N–H and O–H groups in total. The SMILES string of the molecule is COc1ccc(Cn2cc(-c3c[nH]c4ncc(-c5cn[nH]c5C)nc34)cn2)cc1F. The fourth-order valence-corrected chi connectivity index (χ4v) is 3.43. The van der Waals surface area contributed by atoms with Gasteiger partial charge in [0.2, 0.25) is 0 Å². The summed E-state index contributed by atoms with van der Waals surface area (Å²) in [6.45, 7) is 2.38. The maximum absolute atomic E-state index is 14.0. The lowest BCUT2D eigenvalue weighted by atomic mass is 10.1. The molecule has 0 amide bonds. The molecule has 9 heteroatoms. The lowest BCUT2D eigenvalue weighted by Crippen LogP contribution is -2.00. The molecule has 150 valence electrons. The van der Waals surface area contributed by atoms with Crippen molar-refractivity contribution in [2.45, 2.75) is 13.5 Å². The first-order chi connectivity index (χ1) is 14.6. The number of methoxy groups -OCH3 is 1. The van der Waals surface area contributed by atoms with Crippen molar-refractivity contribution in [3.8, 4) is 28.1 Å². The number of halogens is 1. The Morgan fingerprint density at radius 2 is 2.07 bits per heavy atom. The van der Waals surface area contributed by atoms with Crippen LogP contribution >= 0.6 is 0 Å². The minimum Gasteiger partial charge on any atom is -0.494 e. The predicted molar refractivity (Wildman–Crippen MR) is 109 cm³/mol. The second kappa shape index (κ2) is 7.11. The minimum atomic E-state index is -0.392. The van der Waals surface area contributed by atoms with E-state index in [9.17, 15) is 4.39 Å². The third kappa shape index (κ3) is 3.10. The Labute approximate surface area is 170 Å². The molecule has 0 aliphatic carbocycles. The van der Waals surface area contributed by atoms with Crippen LogP contribution in [-0.4, -0.2) is 42.0 Å². The van der Waals surface area contributed by atoms with Crippen LogP contribution < -0.4 is 4.74 Å². The number of aromatic nitrogens is 7. The molecule has 0 saturated heterocycles. The molecule has 0 saturated carbocycles. The Kier molecular flexibility index (Phi) is 4.27. The zero-order valence-corrected chi connectivity index (χ0v) is 16.3. The van der Waals surface area contributed by atoms with E-state index in [0.717, 1.165) is 39.2 Å². The van der Waals surface area contributed by atoms with Crippen LogP contribution in [0, 0.1) is 12.7 Å². The van der Waals surface area contributed by atoms with Gasteiger partial charge in [0.05, 0.1) is 37.9 Å². The molecule has 4 heterocycles. The first-order valence-electron chi connectivity index (χ1n) is 9.32. The monoisotopic (exact) mass is 403 g/mol. The fraction of sp³-hybridized carbons (Fsp3) is 0.143. The van der Waals surface area contributed by atoms with Gasteiger partial charge in [-0.15, -0.1) is 0 Å². The fourth-order valence-electron chi connectivity index (χ4n) is 3.43. The second-order valence-corrected chi connectivity index (χ2v) is 6.96. The largest absolute Gasteiger partial charge is 0.494 e. The zero-order chi connectivity index (χ0) is 20.7. The summed E-state index contributed by atoms with van der Waals surface area (Å²) >= 11 is 0. The van der Waals surface area contributed by atoms with Crippen LogP contribution in [0.3, 0.4) is 0 Å². The Bertz CT molecular complexity index is 1350. The summed E-state index contributed by atoms with van der Waals surface area (Å²) in [5.41, 5.74) is 6.62. The van der Waals surface area contributed by atoms with Crippen molar-refractivity contribution >= 4 is 11.2 Å². The normalized spacial score (nSPS) is 11.3. The number of H-pyrrole nitrogens is 2. The van der Waals surface area contributed by atoms with Crippen LogP contribution in [0.1, 0.15) is 11.3 Å². The van der Waals surface area contributed by atoms with E-state index in [1.165, 1.54) is 13.2 Å². The smallest absolute Gasteiger partial charge is 0.165 e. The van der Waals surface area contributed by atoms with E-state index in [1.54, 1.807) is 29.3 Å². The molecule has 0 spiro atoms. The highest BCUT2D eigenvalue weighted by Crippen LogP contribution is 2.29. The van der Waals surface area contributed by atoms with Crippen LogP contribution in [0.25, 0.3) is 33.5 Å². The molecule has 0 fully saturated rings. The number of fused-ring (bicyclic) bond motifs is 1. The molecule has 0 radical (unpaired) electrons. The number of aromatic amines is 2. The van der Waals surface area contributed by atoms with Gasteiger partial charge in [0.1, 0.15) is 5.52 Å². The number of nitrogens with one attached hydrogen (secondary N) is 2. The molecular formula is C21H18FN7O. The van der Waals surface area contributed by atoms with Gasteiger partial charge < -0.3 is 9.72 Å². The third-order valence-corrected chi connectivity index (χ3v) is 4.99. The first kappa shape index (κ1) is 18.0. The summed E-state index contributed by atoms with van der Waals surface area (Å²) in [5, 5.41) is 11.4. The van der Waals surface area contributed by atoms with Gasteiger partial charge in [-0.05, 0) is 24.6 Å². The summed E-state index contributed by atoms with van der Waals surface area (Å²) in [6, 6.07) is 4.89. The van der Waals surface area contributed by atoms with Crippen LogP contribution in [0.2, 0.25) is 0 Å². The van der Waals surface area contributed by atoms with E-state index in [4.69, 9.17) is 9.72 Å². The van der Waals surface area contributed by atoms with Gasteiger partial charge >= 0.3 is 0 Å². The third-order valence-electron chi connectivity index (χ3n) is 4.99. The summed E-state index contributed by atoms with van der Waals surface area (Å²) in [5.74, 6) is -0.169. The van der Waals surface area contributed by atoms with Crippen molar-refractivity contribution in [1.82, 2.24) is 34.9 Å². The minimum absolute atomic E-state index is 0.223. The standard InChI is InChI=1S/C21H18FN7O/c1-12-15(8-25-28-12)18-9-24-21-20(27-18)16(7-23-21)14-6-26-29(11-14)10-13-3-4-19(30-2)17(22)5-13/h3-9,11H,10H2,1-2H3,(H,23,24)(H,25,28). The number of nitrogens with zero attached hydrogens (tertiary/aromatic N) is 5. The van der Waals surface area contributed by atoms with Gasteiger partial charge in [-0.2, -0.15) is 10.2 Å². The lowest BCUT2D eigenvalue weighted by Gasteiger charge is -2.05. The Hall–Kier alpha value is -4.01. The molecule has 0 aliphatic heterocycles. The molecule has 0 aliphatic rings. The highest BCUT2D eigenvalue weighted by Gasteiger charge is 2.14. The highest BCUT2D eigenvalue weighted by atomic mass is 19.1. The highest BCUT2D eigenvalue weighted by molar-refractivity contribution is 5.91. The second-order valence-electron chi connectivity index (χ2n) is 6.96. The zero-order valence-electron chi connectivity index (χ0n) is 16.3. The average molecular weight is 403 g/mol. The van der Waals surface area contributed by atoms with E-state index < -0.39 is 5.82 Å². The van der Waals surface area contributed by atoms with Crippen molar-refractivity contribution in [3.63, 3.8) is 0 Å². The van der Waals surface area contributed by atoms with Crippen LogP contribution in [0.5, 0.6) is 5.75 Å². The quantitative estimate of drug-likeness (QED) is 0.466. The van der Waals surface area contributed by atoms with Crippen LogP contribution in [0.4, 0.5) is 4.39 Å². The van der Waals surface area contributed by atoms with Gasteiger partial charge in [0.15, 0.2) is 17.2 Å². The molecule has 0 atom stereocenters. The lowest BCUT2D eigenvalue weighted by molar-refractivity contribution is 0.386. The summed E-state index contributed by atoms with van der Waals surface area (Å²) in [4.78, 5) is 12.4. The van der Waals surface area contributed by atoms with Gasteiger partial charge in [-0.3, -0.25) is 9.78 Å². The maximum Gasteiger partial charge on any atom is 0.165 e. The van der Waals surface area contributed by atoms with Gasteiger partial charge in [0, 0.05) is 34.8 Å². The maximum atomic E-state index is 14.0. The van der Waals surface area contributed by atoms with Crippen LogP contribution in [-0.2, 0) is 6.54 Å². The number of rotatable bonds is 5. The van der Waals surface area contributed by atoms with Crippen molar-refractivity contribution < 1.29 is 9.13 Å². The Morgan fingerprint density at radius 1 is 1.17 bits per heavy atom. The molecule has 5 aromatic rings. The first-order valence-corrected chi connectivity index (χ1v) is 9.32. The molecule has 1 aromatic carbocycles. The molecule has 8 nitrogen and oxygen atoms in total. The number of hydrogen-bond acceptors (Lipinski definition) is 5. The Morgan fingerprint density at radius 3 is 2.83 bits per heavy atom. The number of hydrogen-bond donors (Lipinski definition) is 2. The molecular weight excluding hydrogens is 385 g/mol. The van der Waals surface area contributed by atoms with Crippen molar-refractivity contribution in [1.29, 1.82) is 0 Å². The molecule has 5 rings (SSSR count). The van der Waals surface area contributed by atoms with E-state index in [2.05, 4.69) is 25.3 Å². The molecule has 0 unspecified atom stereocenters. The van der Waals surface area contributed by atoms with Crippen LogP contribution in [0.15, 0.2) is 49.2 Å². The number of aryl methyl sites for hydroxylation is 1. The average Bonchev–Trinajstić information content (AvgIpc) is 3.47. The summed E-state index contributed by atoms with van der Waals surface area (Å²) in [7, 11) is 1.45. The van der Waals surface area contributed by atoms with Gasteiger partial charge in [0.25, 0.3) is 0 Å². The van der Waals surface area contributed by atoms with Crippen molar-refractivity contribution in [2.24, 2.45) is 0 Å². The molecule has 30 heavy (non-hydrogen) atoms. The number of benzene rings is 1. The molecule has 4 aromatic heterocycles. The van der Waals surface area contributed by atoms with Crippen molar-refractivity contribution in [3.05, 3.63) is 66.3 Å². The summed E-state index contributed by atoms with van der Waals surface area (Å²) in [6.07, 6.45) is 9.00. The number of ether oxygens (including phenoxy) is 1. The van der Waals surface area contributed by atoms with Gasteiger partial charge in [-0.25, -0.2) is 14.4 Å². The van der Waals surface area contributed by atoms with Crippen molar-refractivity contribution in [2.75, 3.05) is 7.11 Å². The van der Waals surface area contributed by atoms with Gasteiger partial charge in [-0.1, -0.05) is 6.07 Å². The van der Waals surface area contributed by atoms with E-state index in [-0.39, 0.29) is 5.75 Å².